The highest BCUT2D eigenvalue weighted by Gasteiger charge is 2.36. The summed E-state index contributed by atoms with van der Waals surface area (Å²) in [6.45, 7) is 0.147. The number of fused-ring (bicyclic) bond motifs is 1. The van der Waals surface area contributed by atoms with Crippen LogP contribution in [-0.4, -0.2) is 35.4 Å². The molecule has 0 bridgehead atoms. The third kappa shape index (κ3) is 4.48. The summed E-state index contributed by atoms with van der Waals surface area (Å²) in [5.74, 6) is 0.0736. The summed E-state index contributed by atoms with van der Waals surface area (Å²) in [7, 11) is 1.74. The van der Waals surface area contributed by atoms with Gasteiger partial charge in [-0.3, -0.25) is 23.9 Å². The Morgan fingerprint density at radius 2 is 1.97 bits per heavy atom. The van der Waals surface area contributed by atoms with Gasteiger partial charge in [-0.2, -0.15) is 23.4 Å². The highest BCUT2D eigenvalue weighted by atomic mass is 19.4. The van der Waals surface area contributed by atoms with E-state index >= 15 is 0 Å². The molecular formula is C24H18F3N7O2. The third-order valence-electron chi connectivity index (χ3n) is 5.56. The van der Waals surface area contributed by atoms with Crippen molar-refractivity contribution in [2.75, 3.05) is 5.32 Å². The number of benzene rings is 2. The fourth-order valence-corrected chi connectivity index (χ4v) is 3.84. The maximum Gasteiger partial charge on any atom is 0.433 e. The smallest absolute Gasteiger partial charge is 0.305 e. The lowest BCUT2D eigenvalue weighted by molar-refractivity contribution is -0.140. The molecule has 2 N–H and O–H groups in total. The molecule has 0 aliphatic heterocycles. The zero-order valence-electron chi connectivity index (χ0n) is 18.7. The summed E-state index contributed by atoms with van der Waals surface area (Å²) >= 11 is 0. The Bertz CT molecular complexity index is 1650. The van der Waals surface area contributed by atoms with Gasteiger partial charge in [0.2, 0.25) is 0 Å². The maximum atomic E-state index is 13.2. The molecule has 3 heterocycles. The highest BCUT2D eigenvalue weighted by molar-refractivity contribution is 6.03. The number of nitrogens with zero attached hydrogens (tertiary/aromatic N) is 5. The van der Waals surface area contributed by atoms with E-state index in [1.807, 2.05) is 5.10 Å². The molecule has 5 rings (SSSR count). The molecule has 0 unspecified atom stereocenters. The number of hydrogen-bond donors (Lipinski definition) is 2. The van der Waals surface area contributed by atoms with Crippen LogP contribution < -0.4 is 10.9 Å². The summed E-state index contributed by atoms with van der Waals surface area (Å²) in [6.07, 6.45) is -0.476. The number of alkyl halides is 3. The summed E-state index contributed by atoms with van der Waals surface area (Å²) in [5, 5.41) is 12.6. The fraction of sp³-hybridized carbons (Fsp3) is 0.125. The maximum absolute atomic E-state index is 13.2. The normalized spacial score (nSPS) is 11.7. The van der Waals surface area contributed by atoms with Crippen molar-refractivity contribution in [3.63, 3.8) is 0 Å². The van der Waals surface area contributed by atoms with Crippen LogP contribution in [0.3, 0.4) is 0 Å². The first-order chi connectivity index (χ1) is 17.2. The number of carbonyl (C=O) groups excluding carboxylic acids is 1. The third-order valence-corrected chi connectivity index (χ3v) is 5.56. The van der Waals surface area contributed by atoms with E-state index in [1.54, 1.807) is 48.3 Å². The predicted molar refractivity (Wildman–Crippen MR) is 125 cm³/mol. The molecule has 3 aromatic heterocycles. The van der Waals surface area contributed by atoms with Gasteiger partial charge in [0.05, 0.1) is 30.0 Å². The minimum Gasteiger partial charge on any atom is -0.305 e. The van der Waals surface area contributed by atoms with E-state index in [4.69, 9.17) is 0 Å². The standard InChI is InChI=1S/C24H18F3N7O2/c1-33-8-7-20(32-33)30-22(35)16-4-2-3-14(9-16)12-34-13-28-19-10-15(5-6-17(19)23(34)36)18-11-29-31-21(18)24(25,26)27/h2-11,13H,12H2,1H3,(H,29,31)(H,30,32,35). The number of aromatic amines is 1. The van der Waals surface area contributed by atoms with E-state index in [2.05, 4.69) is 20.5 Å². The second-order valence-electron chi connectivity index (χ2n) is 8.10. The van der Waals surface area contributed by atoms with Crippen molar-refractivity contribution in [1.29, 1.82) is 0 Å². The van der Waals surface area contributed by atoms with Gasteiger partial charge in [-0.25, -0.2) is 4.98 Å². The van der Waals surface area contributed by atoms with E-state index in [9.17, 15) is 22.8 Å². The van der Waals surface area contributed by atoms with Crippen LogP contribution in [-0.2, 0) is 19.8 Å². The van der Waals surface area contributed by atoms with Crippen LogP contribution in [0.4, 0.5) is 19.0 Å². The largest absolute Gasteiger partial charge is 0.433 e. The Morgan fingerprint density at radius 1 is 1.14 bits per heavy atom. The number of carbonyl (C=O) groups is 1. The fourth-order valence-electron chi connectivity index (χ4n) is 3.84. The van der Waals surface area contributed by atoms with Crippen LogP contribution in [0.15, 0.2) is 72.0 Å². The quantitative estimate of drug-likeness (QED) is 0.387. The van der Waals surface area contributed by atoms with E-state index in [-0.39, 0.29) is 40.0 Å². The van der Waals surface area contributed by atoms with Crippen molar-refractivity contribution in [2.45, 2.75) is 12.7 Å². The molecule has 2 aromatic carbocycles. The van der Waals surface area contributed by atoms with Crippen molar-refractivity contribution < 1.29 is 18.0 Å². The Morgan fingerprint density at radius 3 is 2.72 bits per heavy atom. The van der Waals surface area contributed by atoms with Crippen molar-refractivity contribution in [3.8, 4) is 11.1 Å². The molecule has 0 saturated heterocycles. The molecule has 0 saturated carbocycles. The van der Waals surface area contributed by atoms with Gasteiger partial charge in [-0.1, -0.05) is 18.2 Å². The molecule has 5 aromatic rings. The van der Waals surface area contributed by atoms with Crippen LogP contribution in [0.5, 0.6) is 0 Å². The van der Waals surface area contributed by atoms with Crippen molar-refractivity contribution in [2.24, 2.45) is 7.05 Å². The van der Waals surface area contributed by atoms with Crippen LogP contribution >= 0.6 is 0 Å². The highest BCUT2D eigenvalue weighted by Crippen LogP contribution is 2.35. The molecular weight excluding hydrogens is 475 g/mol. The van der Waals surface area contributed by atoms with Crippen LogP contribution in [0.25, 0.3) is 22.0 Å². The summed E-state index contributed by atoms with van der Waals surface area (Å²) in [4.78, 5) is 29.9. The monoisotopic (exact) mass is 493 g/mol. The first-order valence-electron chi connectivity index (χ1n) is 10.7. The molecule has 0 atom stereocenters. The van der Waals surface area contributed by atoms with E-state index in [0.29, 0.717) is 16.9 Å². The first kappa shape index (κ1) is 23.0. The van der Waals surface area contributed by atoms with Gasteiger partial charge >= 0.3 is 6.18 Å². The number of amides is 1. The van der Waals surface area contributed by atoms with Crippen molar-refractivity contribution in [3.05, 3.63) is 94.4 Å². The van der Waals surface area contributed by atoms with Gasteiger partial charge in [0.1, 0.15) is 5.69 Å². The Hall–Kier alpha value is -4.74. The van der Waals surface area contributed by atoms with Gasteiger partial charge in [-0.05, 0) is 35.4 Å². The molecule has 9 nitrogen and oxygen atoms in total. The van der Waals surface area contributed by atoms with Crippen molar-refractivity contribution >= 4 is 22.6 Å². The Labute approximate surface area is 201 Å². The number of H-pyrrole nitrogens is 1. The van der Waals surface area contributed by atoms with Crippen LogP contribution in [0.2, 0.25) is 0 Å². The predicted octanol–water partition coefficient (Wildman–Crippen LogP) is 3.84. The second-order valence-corrected chi connectivity index (χ2v) is 8.10. The lowest BCUT2D eigenvalue weighted by atomic mass is 10.0. The summed E-state index contributed by atoms with van der Waals surface area (Å²) in [5.41, 5.74) is 0.116. The average molecular weight is 493 g/mol. The molecule has 12 heteroatoms. The first-order valence-corrected chi connectivity index (χ1v) is 10.7. The van der Waals surface area contributed by atoms with Crippen LogP contribution in [0, 0.1) is 0 Å². The molecule has 1 amide bonds. The molecule has 0 spiro atoms. The van der Waals surface area contributed by atoms with Gasteiger partial charge < -0.3 is 5.32 Å². The lowest BCUT2D eigenvalue weighted by Crippen LogP contribution is -2.21. The number of anilines is 1. The van der Waals surface area contributed by atoms with Gasteiger partial charge in [-0.15, -0.1) is 0 Å². The molecule has 0 aliphatic rings. The number of hydrogen-bond acceptors (Lipinski definition) is 5. The van der Waals surface area contributed by atoms with E-state index in [0.717, 1.165) is 6.20 Å². The SMILES string of the molecule is Cn1ccc(NC(=O)c2cccc(Cn3cnc4cc(-c5cn[nH]c5C(F)(F)F)ccc4c3=O)c2)n1. The number of aromatic nitrogens is 6. The van der Waals surface area contributed by atoms with Gasteiger partial charge in [0.15, 0.2) is 5.82 Å². The molecule has 0 fully saturated rings. The number of aryl methyl sites for hydroxylation is 1. The molecule has 182 valence electrons. The number of halogens is 3. The van der Waals surface area contributed by atoms with Crippen molar-refractivity contribution in [1.82, 2.24) is 29.5 Å². The topological polar surface area (TPSA) is 110 Å². The lowest BCUT2D eigenvalue weighted by Gasteiger charge is -2.10. The Balaban J connectivity index is 1.41. The summed E-state index contributed by atoms with van der Waals surface area (Å²) in [6, 6.07) is 12.8. The Kier molecular flexibility index (Phi) is 5.63. The molecule has 0 aliphatic carbocycles. The van der Waals surface area contributed by atoms with E-state index < -0.39 is 11.9 Å². The molecule has 0 radical (unpaired) electrons. The molecule has 36 heavy (non-hydrogen) atoms. The zero-order chi connectivity index (χ0) is 25.4. The zero-order valence-corrected chi connectivity index (χ0v) is 18.7. The van der Waals surface area contributed by atoms with Gasteiger partial charge in [0, 0.05) is 30.4 Å². The van der Waals surface area contributed by atoms with Crippen LogP contribution in [0.1, 0.15) is 21.6 Å². The second kappa shape index (κ2) is 8.80. The number of rotatable bonds is 5. The summed E-state index contributed by atoms with van der Waals surface area (Å²) < 4.78 is 42.6. The minimum atomic E-state index is -4.60. The average Bonchev–Trinajstić information content (AvgIpc) is 3.50. The number of nitrogens with one attached hydrogen (secondary N) is 2. The minimum absolute atomic E-state index is 0.129. The van der Waals surface area contributed by atoms with Gasteiger partial charge in [0.25, 0.3) is 11.5 Å². The van der Waals surface area contributed by atoms with E-state index in [1.165, 1.54) is 29.1 Å².